The third kappa shape index (κ3) is 4.57. The second-order valence-corrected chi connectivity index (χ2v) is 6.43. The zero-order valence-electron chi connectivity index (χ0n) is 15.8. The first-order valence-corrected chi connectivity index (χ1v) is 9.27. The van der Waals surface area contributed by atoms with Crippen LogP contribution in [0.25, 0.3) is 22.8 Å². The number of benzene rings is 2. The number of rotatable bonds is 7. The summed E-state index contributed by atoms with van der Waals surface area (Å²) in [5.41, 5.74) is 1.75. The summed E-state index contributed by atoms with van der Waals surface area (Å²) in [5.74, 6) is 1.40. The molecule has 2 aromatic carbocycles. The number of ether oxygens (including phenoxy) is 1. The largest absolute Gasteiger partial charge is 0.453 e. The molecule has 0 fully saturated rings. The highest BCUT2D eigenvalue weighted by molar-refractivity contribution is 5.69. The van der Waals surface area contributed by atoms with E-state index in [1.165, 1.54) is 0 Å². The van der Waals surface area contributed by atoms with Crippen molar-refractivity contribution in [3.63, 3.8) is 0 Å². The lowest BCUT2D eigenvalue weighted by Crippen LogP contribution is -2.10. The van der Waals surface area contributed by atoms with Gasteiger partial charge in [-0.2, -0.15) is 0 Å². The molecule has 4 aromatic rings. The normalized spacial score (nSPS) is 11.9. The highest BCUT2D eigenvalue weighted by atomic mass is 16.6. The van der Waals surface area contributed by atoms with Gasteiger partial charge in [0.2, 0.25) is 5.89 Å². The van der Waals surface area contributed by atoms with Crippen LogP contribution >= 0.6 is 0 Å². The van der Waals surface area contributed by atoms with Crippen LogP contribution in [-0.2, 0) is 16.0 Å². The number of nitrogens with zero attached hydrogens (tertiary/aromatic N) is 3. The van der Waals surface area contributed by atoms with Gasteiger partial charge in [-0.25, -0.2) is 4.98 Å². The summed E-state index contributed by atoms with van der Waals surface area (Å²) in [6.45, 7) is 1.69. The molecule has 7 heteroatoms. The van der Waals surface area contributed by atoms with Gasteiger partial charge in [-0.1, -0.05) is 48.5 Å². The second-order valence-electron chi connectivity index (χ2n) is 6.43. The summed E-state index contributed by atoms with van der Waals surface area (Å²) in [5, 5.41) is 7.98. The number of carbonyl (C=O) groups excluding carboxylic acids is 1. The van der Waals surface area contributed by atoms with Crippen LogP contribution in [0.3, 0.4) is 0 Å². The van der Waals surface area contributed by atoms with Crippen LogP contribution in [0.1, 0.15) is 31.2 Å². The number of esters is 1. The Hall–Kier alpha value is -3.74. The summed E-state index contributed by atoms with van der Waals surface area (Å²) in [7, 11) is 0. The highest BCUT2D eigenvalue weighted by Gasteiger charge is 2.19. The molecule has 0 saturated heterocycles. The predicted octanol–water partition coefficient (Wildman–Crippen LogP) is 4.63. The number of hydrogen-bond donors (Lipinski definition) is 0. The maximum absolute atomic E-state index is 12.2. The minimum atomic E-state index is -0.642. The Morgan fingerprint density at radius 3 is 2.38 bits per heavy atom. The first kappa shape index (κ1) is 18.6. The van der Waals surface area contributed by atoms with Crippen LogP contribution < -0.4 is 0 Å². The van der Waals surface area contributed by atoms with Gasteiger partial charge in [0.25, 0.3) is 5.89 Å². The van der Waals surface area contributed by atoms with E-state index in [0.717, 1.165) is 11.1 Å². The topological polar surface area (TPSA) is 91.2 Å². The van der Waals surface area contributed by atoms with Gasteiger partial charge in [-0.15, -0.1) is 10.2 Å². The molecule has 0 aliphatic rings. The van der Waals surface area contributed by atoms with Crippen molar-refractivity contribution in [2.45, 2.75) is 25.9 Å². The van der Waals surface area contributed by atoms with E-state index < -0.39 is 12.1 Å². The van der Waals surface area contributed by atoms with E-state index >= 15 is 0 Å². The van der Waals surface area contributed by atoms with E-state index in [1.54, 1.807) is 13.1 Å². The molecule has 2 aromatic heterocycles. The molecule has 1 atom stereocenters. The molecule has 4 rings (SSSR count). The molecule has 0 N–H and O–H groups in total. The van der Waals surface area contributed by atoms with Gasteiger partial charge in [0.05, 0.1) is 12.6 Å². The van der Waals surface area contributed by atoms with E-state index in [-0.39, 0.29) is 12.3 Å². The number of hydrogen-bond acceptors (Lipinski definition) is 7. The van der Waals surface area contributed by atoms with E-state index in [2.05, 4.69) is 15.2 Å². The molecule has 146 valence electrons. The van der Waals surface area contributed by atoms with Crippen molar-refractivity contribution in [3.8, 4) is 22.8 Å². The Morgan fingerprint density at radius 1 is 0.966 bits per heavy atom. The smallest absolute Gasteiger partial charge is 0.307 e. The average molecular weight is 389 g/mol. The number of oxazole rings is 1. The molecule has 0 amide bonds. The van der Waals surface area contributed by atoms with Gasteiger partial charge in [-0.05, 0) is 19.1 Å². The second kappa shape index (κ2) is 8.52. The van der Waals surface area contributed by atoms with Crippen LogP contribution in [-0.4, -0.2) is 21.2 Å². The average Bonchev–Trinajstić information content (AvgIpc) is 3.44. The molecule has 0 spiro atoms. The SMILES string of the molecule is C[C@H](OC(=O)CCc1ncc(-c2ccccc2)o1)c1nnc(-c2ccccc2)o1. The Balaban J connectivity index is 1.31. The van der Waals surface area contributed by atoms with Crippen molar-refractivity contribution in [1.29, 1.82) is 0 Å². The quantitative estimate of drug-likeness (QED) is 0.426. The van der Waals surface area contributed by atoms with Crippen LogP contribution in [0.15, 0.2) is 75.7 Å². The first-order valence-electron chi connectivity index (χ1n) is 9.27. The number of aryl methyl sites for hydroxylation is 1. The Morgan fingerprint density at radius 2 is 1.66 bits per heavy atom. The maximum atomic E-state index is 12.2. The number of carbonyl (C=O) groups is 1. The molecule has 2 heterocycles. The molecular formula is C22H19N3O4. The lowest BCUT2D eigenvalue weighted by atomic mass is 10.2. The minimum Gasteiger partial charge on any atom is -0.453 e. The predicted molar refractivity (Wildman–Crippen MR) is 105 cm³/mol. The molecule has 0 bridgehead atoms. The van der Waals surface area contributed by atoms with Crippen molar-refractivity contribution in [2.24, 2.45) is 0 Å². The lowest BCUT2D eigenvalue weighted by Gasteiger charge is -2.08. The van der Waals surface area contributed by atoms with Gasteiger partial charge >= 0.3 is 5.97 Å². The summed E-state index contributed by atoms with van der Waals surface area (Å²) in [6.07, 6.45) is 1.50. The Bertz CT molecular complexity index is 1070. The standard InChI is InChI=1S/C22H19N3O4/c1-15(21-24-25-22(29-21)17-10-6-3-7-11-17)27-20(26)13-12-19-23-14-18(28-19)16-8-4-2-5-9-16/h2-11,14-15H,12-13H2,1H3/t15-/m0/s1. The van der Waals surface area contributed by atoms with Crippen molar-refractivity contribution < 1.29 is 18.4 Å². The number of aromatic nitrogens is 3. The molecular weight excluding hydrogens is 370 g/mol. The summed E-state index contributed by atoms with van der Waals surface area (Å²) in [4.78, 5) is 16.4. The molecule has 0 aliphatic heterocycles. The zero-order valence-corrected chi connectivity index (χ0v) is 15.8. The van der Waals surface area contributed by atoms with E-state index in [9.17, 15) is 4.79 Å². The van der Waals surface area contributed by atoms with Crippen LogP contribution in [0.4, 0.5) is 0 Å². The Labute approximate surface area is 167 Å². The maximum Gasteiger partial charge on any atom is 0.307 e. The molecule has 0 saturated carbocycles. The van der Waals surface area contributed by atoms with Gasteiger partial charge in [0.15, 0.2) is 17.8 Å². The van der Waals surface area contributed by atoms with E-state index in [1.807, 2.05) is 60.7 Å². The first-order chi connectivity index (χ1) is 14.2. The molecule has 0 unspecified atom stereocenters. The third-order valence-electron chi connectivity index (χ3n) is 4.27. The van der Waals surface area contributed by atoms with Gasteiger partial charge in [0.1, 0.15) is 0 Å². The van der Waals surface area contributed by atoms with Crippen LogP contribution in [0.5, 0.6) is 0 Å². The molecule has 0 aliphatic carbocycles. The summed E-state index contributed by atoms with van der Waals surface area (Å²) >= 11 is 0. The van der Waals surface area contributed by atoms with Crippen molar-refractivity contribution in [1.82, 2.24) is 15.2 Å². The fourth-order valence-corrected chi connectivity index (χ4v) is 2.77. The van der Waals surface area contributed by atoms with Crippen molar-refractivity contribution in [2.75, 3.05) is 0 Å². The van der Waals surface area contributed by atoms with Crippen LogP contribution in [0.2, 0.25) is 0 Å². The van der Waals surface area contributed by atoms with E-state index in [4.69, 9.17) is 13.6 Å². The summed E-state index contributed by atoms with van der Waals surface area (Å²) in [6, 6.07) is 19.1. The van der Waals surface area contributed by atoms with Gasteiger partial charge < -0.3 is 13.6 Å². The Kier molecular flexibility index (Phi) is 5.47. The van der Waals surface area contributed by atoms with Gasteiger partial charge in [-0.3, -0.25) is 4.79 Å². The molecule has 0 radical (unpaired) electrons. The van der Waals surface area contributed by atoms with Crippen molar-refractivity contribution >= 4 is 5.97 Å². The fraction of sp³-hybridized carbons (Fsp3) is 0.182. The minimum absolute atomic E-state index is 0.138. The molecule has 7 nitrogen and oxygen atoms in total. The van der Waals surface area contributed by atoms with Crippen LogP contribution in [0, 0.1) is 0 Å². The third-order valence-corrected chi connectivity index (χ3v) is 4.27. The summed E-state index contributed by atoms with van der Waals surface area (Å²) < 4.78 is 16.7. The zero-order chi connectivity index (χ0) is 20.1. The lowest BCUT2D eigenvalue weighted by molar-refractivity contribution is -0.149. The molecule has 29 heavy (non-hydrogen) atoms. The van der Waals surface area contributed by atoms with Gasteiger partial charge in [0, 0.05) is 17.5 Å². The highest BCUT2D eigenvalue weighted by Crippen LogP contribution is 2.23. The van der Waals surface area contributed by atoms with Crippen molar-refractivity contribution in [3.05, 3.63) is 78.6 Å². The van der Waals surface area contributed by atoms with E-state index in [0.29, 0.717) is 24.0 Å². The monoisotopic (exact) mass is 389 g/mol. The fourth-order valence-electron chi connectivity index (χ4n) is 2.77.